The fraction of sp³-hybridized carbons (Fsp3) is 1.00. The van der Waals surface area contributed by atoms with Crippen molar-refractivity contribution < 1.29 is 8.42 Å². The third-order valence-electron chi connectivity index (χ3n) is 3.59. The van der Waals surface area contributed by atoms with Crippen molar-refractivity contribution in [2.75, 3.05) is 38.2 Å². The molecule has 0 amide bonds. The number of hydrogen-bond donors (Lipinski definition) is 1. The molecule has 1 saturated heterocycles. The molecule has 5 heteroatoms. The number of nitrogens with zero attached hydrogens (tertiary/aromatic N) is 1. The van der Waals surface area contributed by atoms with Crippen LogP contribution in [0, 0.1) is 5.92 Å². The van der Waals surface area contributed by atoms with Crippen LogP contribution in [0.1, 0.15) is 26.7 Å². The second kappa shape index (κ2) is 6.71. The van der Waals surface area contributed by atoms with E-state index in [0.717, 1.165) is 25.9 Å². The summed E-state index contributed by atoms with van der Waals surface area (Å²) in [5.41, 5.74) is 0. The van der Waals surface area contributed by atoms with Gasteiger partial charge in [0.25, 0.3) is 0 Å². The summed E-state index contributed by atoms with van der Waals surface area (Å²) < 4.78 is 23.3. The molecule has 1 rings (SSSR count). The molecule has 102 valence electrons. The number of rotatable bonds is 6. The van der Waals surface area contributed by atoms with Gasteiger partial charge in [0.1, 0.15) is 0 Å². The summed E-state index contributed by atoms with van der Waals surface area (Å²) in [5, 5.41) is 3.32. The van der Waals surface area contributed by atoms with E-state index in [1.807, 2.05) is 14.0 Å². The summed E-state index contributed by atoms with van der Waals surface area (Å²) in [4.78, 5) is 2.28. The zero-order chi connectivity index (χ0) is 12.9. The zero-order valence-corrected chi connectivity index (χ0v) is 12.1. The van der Waals surface area contributed by atoms with Gasteiger partial charge in [0.15, 0.2) is 9.84 Å². The van der Waals surface area contributed by atoms with Crippen LogP contribution in [-0.2, 0) is 9.84 Å². The van der Waals surface area contributed by atoms with Crippen LogP contribution in [0.5, 0.6) is 0 Å². The average molecular weight is 262 g/mol. The second-order valence-corrected chi connectivity index (χ2v) is 7.42. The first-order chi connectivity index (χ1) is 7.98. The minimum Gasteiger partial charge on any atom is -0.317 e. The van der Waals surface area contributed by atoms with E-state index < -0.39 is 9.84 Å². The van der Waals surface area contributed by atoms with Gasteiger partial charge in [-0.2, -0.15) is 0 Å². The molecule has 0 aliphatic carbocycles. The Kier molecular flexibility index (Phi) is 5.89. The highest BCUT2D eigenvalue weighted by Crippen LogP contribution is 2.16. The maximum absolute atomic E-state index is 11.6. The van der Waals surface area contributed by atoms with Crippen LogP contribution in [0.25, 0.3) is 0 Å². The average Bonchev–Trinajstić information content (AvgIpc) is 2.27. The van der Waals surface area contributed by atoms with Crippen LogP contribution < -0.4 is 5.32 Å². The SMILES string of the molecule is CCCS(=O)(=O)CCN1CCC(NC)C(C)C1. The predicted molar refractivity (Wildman–Crippen MR) is 72.0 cm³/mol. The first-order valence-electron chi connectivity index (χ1n) is 6.58. The van der Waals surface area contributed by atoms with E-state index in [2.05, 4.69) is 17.1 Å². The highest BCUT2D eigenvalue weighted by molar-refractivity contribution is 7.91. The van der Waals surface area contributed by atoms with Crippen LogP contribution in [0.2, 0.25) is 0 Å². The van der Waals surface area contributed by atoms with Gasteiger partial charge >= 0.3 is 0 Å². The first-order valence-corrected chi connectivity index (χ1v) is 8.40. The van der Waals surface area contributed by atoms with Crippen molar-refractivity contribution >= 4 is 9.84 Å². The molecule has 0 aromatic rings. The van der Waals surface area contributed by atoms with E-state index in [4.69, 9.17) is 0 Å². The van der Waals surface area contributed by atoms with Gasteiger partial charge in [-0.05, 0) is 32.4 Å². The molecule has 0 radical (unpaired) electrons. The number of nitrogens with one attached hydrogen (secondary N) is 1. The molecule has 1 N–H and O–H groups in total. The summed E-state index contributed by atoms with van der Waals surface area (Å²) in [7, 11) is -0.822. The van der Waals surface area contributed by atoms with E-state index >= 15 is 0 Å². The van der Waals surface area contributed by atoms with Crippen molar-refractivity contribution in [2.45, 2.75) is 32.7 Å². The number of sulfone groups is 1. The van der Waals surface area contributed by atoms with Crippen LogP contribution >= 0.6 is 0 Å². The minimum absolute atomic E-state index is 0.317. The molecule has 0 bridgehead atoms. The third-order valence-corrected chi connectivity index (χ3v) is 5.43. The molecule has 0 aromatic heterocycles. The highest BCUT2D eigenvalue weighted by atomic mass is 32.2. The zero-order valence-electron chi connectivity index (χ0n) is 11.3. The van der Waals surface area contributed by atoms with Crippen LogP contribution in [0.15, 0.2) is 0 Å². The molecule has 1 aliphatic rings. The topological polar surface area (TPSA) is 49.4 Å². The maximum Gasteiger partial charge on any atom is 0.151 e. The lowest BCUT2D eigenvalue weighted by atomic mass is 9.94. The third kappa shape index (κ3) is 4.94. The van der Waals surface area contributed by atoms with Gasteiger partial charge in [-0.25, -0.2) is 8.42 Å². The Hall–Kier alpha value is -0.130. The Bertz CT molecular complexity index is 316. The van der Waals surface area contributed by atoms with Gasteiger partial charge in [0, 0.05) is 24.9 Å². The largest absolute Gasteiger partial charge is 0.317 e. The maximum atomic E-state index is 11.6. The number of likely N-dealkylation sites (tertiary alicyclic amines) is 1. The lowest BCUT2D eigenvalue weighted by molar-refractivity contribution is 0.158. The summed E-state index contributed by atoms with van der Waals surface area (Å²) in [5.74, 6) is 1.25. The quantitative estimate of drug-likeness (QED) is 0.767. The summed E-state index contributed by atoms with van der Waals surface area (Å²) in [6.07, 6.45) is 1.84. The van der Waals surface area contributed by atoms with Crippen molar-refractivity contribution in [1.29, 1.82) is 0 Å². The molecule has 4 nitrogen and oxygen atoms in total. The van der Waals surface area contributed by atoms with E-state index in [9.17, 15) is 8.42 Å². The predicted octanol–water partition coefficient (Wildman–Crippen LogP) is 0.741. The lowest BCUT2D eigenvalue weighted by Crippen LogP contribution is -2.48. The molecular weight excluding hydrogens is 236 g/mol. The fourth-order valence-electron chi connectivity index (χ4n) is 2.55. The highest BCUT2D eigenvalue weighted by Gasteiger charge is 2.25. The normalized spacial score (nSPS) is 27.2. The Morgan fingerprint density at radius 3 is 2.59 bits per heavy atom. The first kappa shape index (κ1) is 14.9. The van der Waals surface area contributed by atoms with E-state index in [1.54, 1.807) is 0 Å². The van der Waals surface area contributed by atoms with Crippen LogP contribution in [-0.4, -0.2) is 57.5 Å². The van der Waals surface area contributed by atoms with Crippen molar-refractivity contribution in [3.05, 3.63) is 0 Å². The smallest absolute Gasteiger partial charge is 0.151 e. The molecule has 0 saturated carbocycles. The van der Waals surface area contributed by atoms with Gasteiger partial charge in [0.05, 0.1) is 5.75 Å². The summed E-state index contributed by atoms with van der Waals surface area (Å²) >= 11 is 0. The van der Waals surface area contributed by atoms with Crippen molar-refractivity contribution in [1.82, 2.24) is 10.2 Å². The molecule has 0 aromatic carbocycles. The number of piperidine rings is 1. The molecular formula is C12H26N2O2S. The van der Waals surface area contributed by atoms with Gasteiger partial charge in [-0.3, -0.25) is 0 Å². The van der Waals surface area contributed by atoms with Crippen LogP contribution in [0.3, 0.4) is 0 Å². The molecule has 1 heterocycles. The van der Waals surface area contributed by atoms with Gasteiger partial charge < -0.3 is 10.2 Å². The molecule has 0 spiro atoms. The van der Waals surface area contributed by atoms with Crippen molar-refractivity contribution in [3.63, 3.8) is 0 Å². The van der Waals surface area contributed by atoms with E-state index in [-0.39, 0.29) is 0 Å². The minimum atomic E-state index is -2.82. The molecule has 17 heavy (non-hydrogen) atoms. The molecule has 1 fully saturated rings. The summed E-state index contributed by atoms with van der Waals surface area (Å²) in [6, 6.07) is 0.582. The van der Waals surface area contributed by atoms with Gasteiger partial charge in [0.2, 0.25) is 0 Å². The van der Waals surface area contributed by atoms with Crippen molar-refractivity contribution in [2.24, 2.45) is 5.92 Å². The second-order valence-electron chi connectivity index (χ2n) is 5.11. The monoisotopic (exact) mass is 262 g/mol. The standard InChI is InChI=1S/C12H26N2O2S/c1-4-8-17(15,16)9-7-14-6-5-12(13-3)11(2)10-14/h11-13H,4-10H2,1-3H3. The Balaban J connectivity index is 2.35. The Morgan fingerprint density at radius 2 is 2.06 bits per heavy atom. The van der Waals surface area contributed by atoms with Gasteiger partial charge in [-0.1, -0.05) is 13.8 Å². The number of hydrogen-bond acceptors (Lipinski definition) is 4. The van der Waals surface area contributed by atoms with Crippen molar-refractivity contribution in [3.8, 4) is 0 Å². The van der Waals surface area contributed by atoms with E-state index in [1.165, 1.54) is 0 Å². The lowest BCUT2D eigenvalue weighted by Gasteiger charge is -2.36. The fourth-order valence-corrected chi connectivity index (χ4v) is 3.91. The Labute approximate surface area is 106 Å². The van der Waals surface area contributed by atoms with Gasteiger partial charge in [-0.15, -0.1) is 0 Å². The Morgan fingerprint density at radius 1 is 1.35 bits per heavy atom. The summed E-state index contributed by atoms with van der Waals surface area (Å²) in [6.45, 7) is 6.86. The molecule has 2 atom stereocenters. The molecule has 2 unspecified atom stereocenters. The van der Waals surface area contributed by atoms with Crippen LogP contribution in [0.4, 0.5) is 0 Å². The van der Waals surface area contributed by atoms with E-state index in [0.29, 0.717) is 30.0 Å². The molecule has 1 aliphatic heterocycles.